The summed E-state index contributed by atoms with van der Waals surface area (Å²) in [7, 11) is 0. The quantitative estimate of drug-likeness (QED) is 0.517. The van der Waals surface area contributed by atoms with Crippen LogP contribution in [0.3, 0.4) is 0 Å². The highest BCUT2D eigenvalue weighted by molar-refractivity contribution is 5.87. The van der Waals surface area contributed by atoms with Gasteiger partial charge in [-0.25, -0.2) is 9.50 Å². The van der Waals surface area contributed by atoms with Crippen LogP contribution >= 0.6 is 0 Å². The number of aromatic amines is 1. The van der Waals surface area contributed by atoms with Gasteiger partial charge in [0.2, 0.25) is 0 Å². The van der Waals surface area contributed by atoms with Crippen LogP contribution in [0.1, 0.15) is 31.2 Å². The molecular weight excluding hydrogens is 338 g/mol. The van der Waals surface area contributed by atoms with Crippen LogP contribution in [-0.2, 0) is 0 Å². The largest absolute Gasteiger partial charge is 0.393 e. The minimum Gasteiger partial charge on any atom is -0.393 e. The van der Waals surface area contributed by atoms with Gasteiger partial charge in [0.15, 0.2) is 5.65 Å². The number of aliphatic hydroxyl groups is 1. The van der Waals surface area contributed by atoms with E-state index in [0.717, 1.165) is 54.1 Å². The van der Waals surface area contributed by atoms with Crippen molar-refractivity contribution in [2.45, 2.75) is 44.8 Å². The van der Waals surface area contributed by atoms with Crippen molar-refractivity contribution in [3.05, 3.63) is 48.2 Å². The predicted octanol–water partition coefficient (Wildman–Crippen LogP) is 3.90. The molecule has 1 aliphatic carbocycles. The second kappa shape index (κ2) is 6.39. The van der Waals surface area contributed by atoms with Crippen molar-refractivity contribution < 1.29 is 5.11 Å². The minimum atomic E-state index is -0.149. The molecule has 0 saturated heterocycles. The Balaban J connectivity index is 1.50. The molecule has 0 radical (unpaired) electrons. The van der Waals surface area contributed by atoms with Crippen LogP contribution in [-0.4, -0.2) is 36.8 Å². The number of aryl methyl sites for hydroxylation is 1. The van der Waals surface area contributed by atoms with E-state index in [1.165, 1.54) is 10.9 Å². The molecule has 3 N–H and O–H groups in total. The molecule has 6 heteroatoms. The number of anilines is 1. The van der Waals surface area contributed by atoms with Crippen molar-refractivity contribution in [3.8, 4) is 11.4 Å². The summed E-state index contributed by atoms with van der Waals surface area (Å²) >= 11 is 0. The molecule has 0 amide bonds. The third-order valence-corrected chi connectivity index (χ3v) is 5.55. The molecule has 1 aliphatic rings. The fraction of sp³-hybridized carbons (Fsp3) is 0.333. The van der Waals surface area contributed by atoms with Gasteiger partial charge in [0, 0.05) is 16.9 Å². The normalized spacial score (nSPS) is 20.4. The number of aromatic nitrogens is 4. The molecule has 1 saturated carbocycles. The standard InChI is InChI=1S/C21H23N5O/c1-13-3-2-4-14-11-17(24-21(13)14)18-12-22-20-10-9-19(25-26(18)20)23-15-5-7-16(27)8-6-15/h2-4,9-12,15-16,24,27H,5-8H2,1H3,(H,23,25). The van der Waals surface area contributed by atoms with Crippen molar-refractivity contribution in [1.29, 1.82) is 0 Å². The molecule has 0 unspecified atom stereocenters. The summed E-state index contributed by atoms with van der Waals surface area (Å²) in [6.07, 6.45) is 5.36. The number of benzene rings is 1. The number of nitrogens with zero attached hydrogens (tertiary/aromatic N) is 3. The number of hydrogen-bond donors (Lipinski definition) is 3. The number of imidazole rings is 1. The molecule has 1 fully saturated rings. The van der Waals surface area contributed by atoms with E-state index in [1.807, 2.05) is 22.8 Å². The van der Waals surface area contributed by atoms with E-state index < -0.39 is 0 Å². The SMILES string of the molecule is Cc1cccc2cc(-c3cnc4ccc(NC5CCC(O)CC5)nn34)[nH]c12. The monoisotopic (exact) mass is 361 g/mol. The second-order valence-corrected chi connectivity index (χ2v) is 7.50. The van der Waals surface area contributed by atoms with E-state index in [2.05, 4.69) is 46.5 Å². The molecule has 3 heterocycles. The molecule has 0 bridgehead atoms. The van der Waals surface area contributed by atoms with Gasteiger partial charge in [-0.05, 0) is 56.4 Å². The smallest absolute Gasteiger partial charge is 0.154 e. The molecular formula is C21H23N5O. The summed E-state index contributed by atoms with van der Waals surface area (Å²) in [5.41, 5.74) is 5.16. The highest BCUT2D eigenvalue weighted by Crippen LogP contribution is 2.27. The topological polar surface area (TPSA) is 78.2 Å². The molecule has 4 aromatic rings. The molecule has 5 rings (SSSR count). The second-order valence-electron chi connectivity index (χ2n) is 7.50. The first-order chi connectivity index (χ1) is 13.2. The average Bonchev–Trinajstić information content (AvgIpc) is 3.28. The Morgan fingerprint density at radius 1 is 1.15 bits per heavy atom. The van der Waals surface area contributed by atoms with Crippen molar-refractivity contribution in [2.75, 3.05) is 5.32 Å². The Bertz CT molecular complexity index is 1100. The predicted molar refractivity (Wildman–Crippen MR) is 107 cm³/mol. The summed E-state index contributed by atoms with van der Waals surface area (Å²) in [5.74, 6) is 0.843. The molecule has 0 atom stereocenters. The highest BCUT2D eigenvalue weighted by Gasteiger charge is 2.20. The summed E-state index contributed by atoms with van der Waals surface area (Å²) < 4.78 is 1.89. The van der Waals surface area contributed by atoms with Crippen molar-refractivity contribution >= 4 is 22.4 Å². The summed E-state index contributed by atoms with van der Waals surface area (Å²) in [6, 6.07) is 12.8. The highest BCUT2D eigenvalue weighted by atomic mass is 16.3. The molecule has 27 heavy (non-hydrogen) atoms. The molecule has 0 aliphatic heterocycles. The van der Waals surface area contributed by atoms with Crippen LogP contribution < -0.4 is 5.32 Å². The Kier molecular flexibility index (Phi) is 3.86. The number of H-pyrrole nitrogens is 1. The van der Waals surface area contributed by atoms with Crippen LogP contribution in [0.2, 0.25) is 0 Å². The van der Waals surface area contributed by atoms with Crippen molar-refractivity contribution in [1.82, 2.24) is 19.6 Å². The van der Waals surface area contributed by atoms with Gasteiger partial charge in [-0.2, -0.15) is 0 Å². The van der Waals surface area contributed by atoms with Gasteiger partial charge >= 0.3 is 0 Å². The lowest BCUT2D eigenvalue weighted by Crippen LogP contribution is -2.28. The molecule has 6 nitrogen and oxygen atoms in total. The Hall–Kier alpha value is -2.86. The Labute approximate surface area is 157 Å². The van der Waals surface area contributed by atoms with Crippen molar-refractivity contribution in [2.24, 2.45) is 0 Å². The molecule has 3 aromatic heterocycles. The number of hydrogen-bond acceptors (Lipinski definition) is 4. The fourth-order valence-electron chi connectivity index (χ4n) is 4.01. The van der Waals surface area contributed by atoms with Gasteiger partial charge in [-0.15, -0.1) is 5.10 Å². The first kappa shape index (κ1) is 16.3. The maximum absolute atomic E-state index is 9.69. The lowest BCUT2D eigenvalue weighted by molar-refractivity contribution is 0.126. The van der Waals surface area contributed by atoms with E-state index in [9.17, 15) is 5.11 Å². The third-order valence-electron chi connectivity index (χ3n) is 5.55. The zero-order valence-electron chi connectivity index (χ0n) is 15.3. The summed E-state index contributed by atoms with van der Waals surface area (Å²) in [5, 5.41) is 19.2. The maximum Gasteiger partial charge on any atom is 0.154 e. The lowest BCUT2D eigenvalue weighted by Gasteiger charge is -2.26. The minimum absolute atomic E-state index is 0.149. The van der Waals surface area contributed by atoms with Crippen LogP contribution in [0.15, 0.2) is 42.6 Å². The van der Waals surface area contributed by atoms with Gasteiger partial charge in [-0.1, -0.05) is 18.2 Å². The number of aliphatic hydroxyl groups excluding tert-OH is 1. The first-order valence-electron chi connectivity index (χ1n) is 9.55. The lowest BCUT2D eigenvalue weighted by atomic mass is 9.93. The molecule has 138 valence electrons. The molecule has 0 spiro atoms. The van der Waals surface area contributed by atoms with Crippen LogP contribution in [0.4, 0.5) is 5.82 Å². The van der Waals surface area contributed by atoms with E-state index >= 15 is 0 Å². The number of nitrogens with one attached hydrogen (secondary N) is 2. The number of fused-ring (bicyclic) bond motifs is 2. The third kappa shape index (κ3) is 2.96. The van der Waals surface area contributed by atoms with Gasteiger partial charge in [-0.3, -0.25) is 0 Å². The zero-order valence-corrected chi connectivity index (χ0v) is 15.3. The summed E-state index contributed by atoms with van der Waals surface area (Å²) in [4.78, 5) is 8.02. The fourth-order valence-corrected chi connectivity index (χ4v) is 4.01. The first-order valence-corrected chi connectivity index (χ1v) is 9.55. The van der Waals surface area contributed by atoms with Crippen LogP contribution in [0.5, 0.6) is 0 Å². The number of para-hydroxylation sites is 1. The number of rotatable bonds is 3. The van der Waals surface area contributed by atoms with Crippen LogP contribution in [0, 0.1) is 6.92 Å². The van der Waals surface area contributed by atoms with E-state index in [0.29, 0.717) is 6.04 Å². The van der Waals surface area contributed by atoms with Gasteiger partial charge < -0.3 is 15.4 Å². The summed E-state index contributed by atoms with van der Waals surface area (Å²) in [6.45, 7) is 2.11. The van der Waals surface area contributed by atoms with E-state index in [4.69, 9.17) is 5.10 Å². The van der Waals surface area contributed by atoms with Crippen molar-refractivity contribution in [3.63, 3.8) is 0 Å². The van der Waals surface area contributed by atoms with Crippen LogP contribution in [0.25, 0.3) is 27.9 Å². The van der Waals surface area contributed by atoms with Gasteiger partial charge in [0.25, 0.3) is 0 Å². The van der Waals surface area contributed by atoms with Gasteiger partial charge in [0.1, 0.15) is 11.5 Å². The zero-order chi connectivity index (χ0) is 18.4. The van der Waals surface area contributed by atoms with Gasteiger partial charge in [0.05, 0.1) is 18.0 Å². The van der Waals surface area contributed by atoms with E-state index in [1.54, 1.807) is 0 Å². The Morgan fingerprint density at radius 3 is 2.81 bits per heavy atom. The average molecular weight is 361 g/mol. The molecule has 1 aromatic carbocycles. The maximum atomic E-state index is 9.69. The Morgan fingerprint density at radius 2 is 2.00 bits per heavy atom. The van der Waals surface area contributed by atoms with E-state index in [-0.39, 0.29) is 6.10 Å².